The van der Waals surface area contributed by atoms with Crippen LogP contribution in [0.3, 0.4) is 0 Å². The molecule has 21 heavy (non-hydrogen) atoms. The van der Waals surface area contributed by atoms with Gasteiger partial charge in [0.1, 0.15) is 5.01 Å². The van der Waals surface area contributed by atoms with Crippen LogP contribution in [0.1, 0.15) is 32.0 Å². The lowest BCUT2D eigenvalue weighted by molar-refractivity contribution is 0.221. The minimum absolute atomic E-state index is 0.302. The standard InChI is InChI=1S/C17H23ClN2S/c1-17(2,3)12-20(4)10-13-7-5-6-8-15(13)16-19-14(9-18)11-21-16/h5-8,11H,9-10,12H2,1-4H3. The van der Waals surface area contributed by atoms with Crippen molar-refractivity contribution in [3.05, 3.63) is 40.9 Å². The van der Waals surface area contributed by atoms with Crippen LogP contribution >= 0.6 is 22.9 Å². The van der Waals surface area contributed by atoms with E-state index >= 15 is 0 Å². The molecule has 0 aliphatic carbocycles. The van der Waals surface area contributed by atoms with E-state index in [0.717, 1.165) is 23.8 Å². The van der Waals surface area contributed by atoms with Crippen LogP contribution in [-0.2, 0) is 12.4 Å². The lowest BCUT2D eigenvalue weighted by Crippen LogP contribution is -2.29. The van der Waals surface area contributed by atoms with Gasteiger partial charge in [0.2, 0.25) is 0 Å². The molecule has 0 saturated carbocycles. The van der Waals surface area contributed by atoms with Crippen molar-refractivity contribution in [3.63, 3.8) is 0 Å². The normalized spacial score (nSPS) is 12.1. The highest BCUT2D eigenvalue weighted by molar-refractivity contribution is 7.13. The molecule has 0 spiro atoms. The van der Waals surface area contributed by atoms with Gasteiger partial charge in [0.25, 0.3) is 0 Å². The molecule has 0 bridgehead atoms. The third-order valence-electron chi connectivity index (χ3n) is 3.12. The van der Waals surface area contributed by atoms with Crippen molar-refractivity contribution in [3.8, 4) is 10.6 Å². The summed E-state index contributed by atoms with van der Waals surface area (Å²) in [6.45, 7) is 8.80. The van der Waals surface area contributed by atoms with E-state index in [-0.39, 0.29) is 0 Å². The molecule has 0 atom stereocenters. The SMILES string of the molecule is CN(Cc1ccccc1-c1nc(CCl)cs1)CC(C)(C)C. The third kappa shape index (κ3) is 4.80. The van der Waals surface area contributed by atoms with Gasteiger partial charge in [-0.2, -0.15) is 0 Å². The first kappa shape index (κ1) is 16.5. The van der Waals surface area contributed by atoms with Crippen LogP contribution in [0, 0.1) is 5.41 Å². The number of alkyl halides is 1. The summed E-state index contributed by atoms with van der Waals surface area (Å²) < 4.78 is 0. The van der Waals surface area contributed by atoms with Crippen molar-refractivity contribution < 1.29 is 0 Å². The maximum atomic E-state index is 5.86. The number of hydrogen-bond donors (Lipinski definition) is 0. The molecule has 0 aliphatic rings. The zero-order valence-corrected chi connectivity index (χ0v) is 14.8. The van der Waals surface area contributed by atoms with E-state index in [1.54, 1.807) is 11.3 Å². The average Bonchev–Trinajstić information content (AvgIpc) is 2.85. The quantitative estimate of drug-likeness (QED) is 0.718. The summed E-state index contributed by atoms with van der Waals surface area (Å²) in [5, 5.41) is 3.10. The van der Waals surface area contributed by atoms with E-state index in [1.807, 2.05) is 5.38 Å². The lowest BCUT2D eigenvalue weighted by atomic mass is 9.96. The maximum Gasteiger partial charge on any atom is 0.123 e. The second-order valence-corrected chi connectivity index (χ2v) is 7.79. The van der Waals surface area contributed by atoms with Gasteiger partial charge in [-0.1, -0.05) is 45.0 Å². The molecular weight excluding hydrogens is 300 g/mol. The van der Waals surface area contributed by atoms with Gasteiger partial charge >= 0.3 is 0 Å². The summed E-state index contributed by atoms with van der Waals surface area (Å²) in [7, 11) is 2.17. The summed E-state index contributed by atoms with van der Waals surface area (Å²) in [5.74, 6) is 0.475. The molecule has 1 aromatic carbocycles. The van der Waals surface area contributed by atoms with Crippen molar-refractivity contribution in [2.24, 2.45) is 5.41 Å². The van der Waals surface area contributed by atoms with E-state index in [1.165, 1.54) is 11.1 Å². The molecule has 4 heteroatoms. The highest BCUT2D eigenvalue weighted by Gasteiger charge is 2.15. The highest BCUT2D eigenvalue weighted by atomic mass is 35.5. The Morgan fingerprint density at radius 2 is 1.95 bits per heavy atom. The largest absolute Gasteiger partial charge is 0.302 e. The second kappa shape index (κ2) is 6.91. The number of thiazole rings is 1. The Hall–Kier alpha value is -0.900. The maximum absolute atomic E-state index is 5.86. The number of aromatic nitrogens is 1. The number of nitrogens with zero attached hydrogens (tertiary/aromatic N) is 2. The van der Waals surface area contributed by atoms with Gasteiger partial charge in [-0.05, 0) is 18.0 Å². The van der Waals surface area contributed by atoms with Crippen LogP contribution in [-0.4, -0.2) is 23.5 Å². The van der Waals surface area contributed by atoms with Gasteiger partial charge in [0.15, 0.2) is 0 Å². The van der Waals surface area contributed by atoms with E-state index < -0.39 is 0 Å². The fourth-order valence-electron chi connectivity index (χ4n) is 2.52. The summed E-state index contributed by atoms with van der Waals surface area (Å²) in [5.41, 5.74) is 3.80. The van der Waals surface area contributed by atoms with Crippen LogP contribution < -0.4 is 0 Å². The van der Waals surface area contributed by atoms with Gasteiger partial charge in [-0.15, -0.1) is 22.9 Å². The van der Waals surface area contributed by atoms with Crippen LogP contribution in [0.5, 0.6) is 0 Å². The molecule has 0 N–H and O–H groups in total. The highest BCUT2D eigenvalue weighted by Crippen LogP contribution is 2.28. The summed E-state index contributed by atoms with van der Waals surface area (Å²) in [6, 6.07) is 8.51. The van der Waals surface area contributed by atoms with E-state index in [4.69, 9.17) is 11.6 Å². The van der Waals surface area contributed by atoms with Crippen molar-refractivity contribution in [1.82, 2.24) is 9.88 Å². The molecule has 0 radical (unpaired) electrons. The number of benzene rings is 1. The average molecular weight is 323 g/mol. The molecule has 114 valence electrons. The number of halogens is 1. The van der Waals surface area contributed by atoms with Gasteiger partial charge in [0, 0.05) is 24.0 Å². The first-order valence-electron chi connectivity index (χ1n) is 7.16. The molecule has 0 aliphatic heterocycles. The topological polar surface area (TPSA) is 16.1 Å². The Bertz CT molecular complexity index is 586. The van der Waals surface area contributed by atoms with Crippen molar-refractivity contribution in [1.29, 1.82) is 0 Å². The molecule has 0 unspecified atom stereocenters. The van der Waals surface area contributed by atoms with Crippen molar-refractivity contribution >= 4 is 22.9 Å². The van der Waals surface area contributed by atoms with E-state index in [2.05, 4.69) is 62.0 Å². The van der Waals surface area contributed by atoms with Gasteiger partial charge in [0.05, 0.1) is 11.6 Å². The number of hydrogen-bond acceptors (Lipinski definition) is 3. The first-order chi connectivity index (χ1) is 9.89. The number of rotatable bonds is 5. The summed E-state index contributed by atoms with van der Waals surface area (Å²) >= 11 is 7.53. The lowest BCUT2D eigenvalue weighted by Gasteiger charge is -2.27. The Morgan fingerprint density at radius 1 is 1.24 bits per heavy atom. The Kier molecular flexibility index (Phi) is 5.42. The fraction of sp³-hybridized carbons (Fsp3) is 0.471. The molecule has 2 aromatic rings. The van der Waals surface area contributed by atoms with Gasteiger partial charge in [-0.25, -0.2) is 4.98 Å². The fourth-order valence-corrected chi connectivity index (χ4v) is 3.62. The molecule has 0 amide bonds. The molecule has 0 fully saturated rings. The van der Waals surface area contributed by atoms with Crippen molar-refractivity contribution in [2.75, 3.05) is 13.6 Å². The molecular formula is C17H23ClN2S. The minimum Gasteiger partial charge on any atom is -0.302 e. The predicted molar refractivity (Wildman–Crippen MR) is 92.9 cm³/mol. The molecule has 1 heterocycles. The summed E-state index contributed by atoms with van der Waals surface area (Å²) in [6.07, 6.45) is 0. The predicted octanol–water partition coefficient (Wildman–Crippen LogP) is 5.03. The van der Waals surface area contributed by atoms with Gasteiger partial charge in [-0.3, -0.25) is 0 Å². The minimum atomic E-state index is 0.302. The summed E-state index contributed by atoms with van der Waals surface area (Å²) in [4.78, 5) is 6.98. The second-order valence-electron chi connectivity index (χ2n) is 6.67. The van der Waals surface area contributed by atoms with Crippen molar-refractivity contribution in [2.45, 2.75) is 33.2 Å². The van der Waals surface area contributed by atoms with Gasteiger partial charge < -0.3 is 4.90 Å². The van der Waals surface area contributed by atoms with Crippen LogP contribution in [0.15, 0.2) is 29.6 Å². The molecule has 1 aromatic heterocycles. The molecule has 2 nitrogen and oxygen atoms in total. The Labute approximate surface area is 136 Å². The van der Waals surface area contributed by atoms with E-state index in [9.17, 15) is 0 Å². The van der Waals surface area contributed by atoms with Crippen LogP contribution in [0.25, 0.3) is 10.6 Å². The van der Waals surface area contributed by atoms with E-state index in [0.29, 0.717) is 11.3 Å². The molecule has 0 saturated heterocycles. The van der Waals surface area contributed by atoms with Crippen LogP contribution in [0.2, 0.25) is 0 Å². The Morgan fingerprint density at radius 3 is 2.57 bits per heavy atom. The first-order valence-corrected chi connectivity index (χ1v) is 8.57. The third-order valence-corrected chi connectivity index (χ3v) is 4.32. The Balaban J connectivity index is 2.21. The monoisotopic (exact) mass is 322 g/mol. The smallest absolute Gasteiger partial charge is 0.123 e. The van der Waals surface area contributed by atoms with Crippen LogP contribution in [0.4, 0.5) is 0 Å². The zero-order valence-electron chi connectivity index (χ0n) is 13.2. The molecule has 2 rings (SSSR count). The zero-order chi connectivity index (χ0) is 15.5.